The van der Waals surface area contributed by atoms with Crippen LogP contribution in [0.5, 0.6) is 0 Å². The molecule has 0 nitrogen and oxygen atoms in total. The van der Waals surface area contributed by atoms with Crippen LogP contribution in [-0.4, -0.2) is 5.75 Å². The minimum atomic E-state index is 0.945. The molecule has 3 rings (SSSR count). The van der Waals surface area contributed by atoms with Crippen molar-refractivity contribution in [1.82, 2.24) is 0 Å². The normalized spacial score (nSPS) is 41.3. The molecule has 1 heteroatoms. The van der Waals surface area contributed by atoms with Crippen LogP contribution in [0.15, 0.2) is 11.6 Å². The molecule has 0 aromatic rings. The lowest BCUT2D eigenvalue weighted by atomic mass is 9.57. The summed E-state index contributed by atoms with van der Waals surface area (Å²) < 4.78 is 0. The van der Waals surface area contributed by atoms with Crippen LogP contribution < -0.4 is 0 Å². The van der Waals surface area contributed by atoms with E-state index in [1.807, 2.05) is 0 Å². The van der Waals surface area contributed by atoms with Crippen molar-refractivity contribution in [2.75, 3.05) is 5.75 Å². The van der Waals surface area contributed by atoms with E-state index in [4.69, 9.17) is 0 Å². The average Bonchev–Trinajstić information content (AvgIpc) is 2.04. The molecule has 0 heterocycles. The van der Waals surface area contributed by atoms with E-state index >= 15 is 0 Å². The Hall–Kier alpha value is 0.0900. The highest BCUT2D eigenvalue weighted by atomic mass is 32.1. The summed E-state index contributed by atoms with van der Waals surface area (Å²) in [5.74, 6) is 3.99. The predicted molar refractivity (Wildman–Crippen MR) is 51.9 cm³/mol. The van der Waals surface area contributed by atoms with Gasteiger partial charge in [-0.15, -0.1) is 0 Å². The molecule has 62 valence electrons. The number of fused-ring (bicyclic) bond motifs is 1. The van der Waals surface area contributed by atoms with Gasteiger partial charge in [0.1, 0.15) is 0 Å². The smallest absolute Gasteiger partial charge is 0.00605 e. The van der Waals surface area contributed by atoms with Gasteiger partial charge in [0.05, 0.1) is 0 Å². The van der Waals surface area contributed by atoms with E-state index in [2.05, 4.69) is 25.6 Å². The molecule has 0 spiro atoms. The van der Waals surface area contributed by atoms with Gasteiger partial charge in [0, 0.05) is 0 Å². The third-order valence-electron chi connectivity index (χ3n) is 3.49. The standard InChI is InChI=1S/C10H16S/c1-7-9-3-2-8(4-5-11)10(7)6-9/h2,7,9-11H,3-6H2,1H3/t7?,9-,10+/m0/s1. The molecule has 3 aliphatic carbocycles. The lowest BCUT2D eigenvalue weighted by Gasteiger charge is -2.48. The summed E-state index contributed by atoms with van der Waals surface area (Å²) in [5, 5.41) is 0. The monoisotopic (exact) mass is 168 g/mol. The van der Waals surface area contributed by atoms with Gasteiger partial charge in [-0.05, 0) is 42.8 Å². The fraction of sp³-hybridized carbons (Fsp3) is 0.800. The Morgan fingerprint density at radius 3 is 3.00 bits per heavy atom. The predicted octanol–water partition coefficient (Wildman–Crippen LogP) is 2.91. The van der Waals surface area contributed by atoms with Crippen LogP contribution in [-0.2, 0) is 0 Å². The first-order chi connectivity index (χ1) is 5.33. The molecule has 0 amide bonds. The van der Waals surface area contributed by atoms with Crippen molar-refractivity contribution in [3.05, 3.63) is 11.6 Å². The molecule has 0 radical (unpaired) electrons. The Balaban J connectivity index is 2.04. The number of allylic oxidation sites excluding steroid dienone is 2. The molecule has 3 atom stereocenters. The Morgan fingerprint density at radius 1 is 1.64 bits per heavy atom. The number of hydrogen-bond donors (Lipinski definition) is 1. The lowest BCUT2D eigenvalue weighted by Crippen LogP contribution is -2.38. The van der Waals surface area contributed by atoms with Crippen LogP contribution in [0.2, 0.25) is 0 Å². The Kier molecular flexibility index (Phi) is 2.00. The van der Waals surface area contributed by atoms with Crippen molar-refractivity contribution >= 4 is 12.6 Å². The highest BCUT2D eigenvalue weighted by Crippen LogP contribution is 2.51. The van der Waals surface area contributed by atoms with Crippen LogP contribution in [0.1, 0.15) is 26.2 Å². The summed E-state index contributed by atoms with van der Waals surface area (Å²) in [6.45, 7) is 2.41. The van der Waals surface area contributed by atoms with Crippen molar-refractivity contribution in [3.8, 4) is 0 Å². The van der Waals surface area contributed by atoms with Gasteiger partial charge in [-0.3, -0.25) is 0 Å². The van der Waals surface area contributed by atoms with Crippen molar-refractivity contribution in [2.24, 2.45) is 17.8 Å². The third-order valence-corrected chi connectivity index (χ3v) is 3.72. The van der Waals surface area contributed by atoms with Crippen LogP contribution in [0, 0.1) is 17.8 Å². The van der Waals surface area contributed by atoms with E-state index in [0.29, 0.717) is 0 Å². The minimum Gasteiger partial charge on any atom is -0.179 e. The molecule has 1 unspecified atom stereocenters. The number of rotatable bonds is 2. The molecule has 3 aliphatic rings. The molecule has 0 aliphatic heterocycles. The molecule has 11 heavy (non-hydrogen) atoms. The summed E-state index contributed by atoms with van der Waals surface area (Å²) in [6.07, 6.45) is 6.52. The second-order valence-corrected chi connectivity index (χ2v) is 4.40. The molecular formula is C10H16S. The maximum Gasteiger partial charge on any atom is -0.00605 e. The zero-order valence-corrected chi connectivity index (χ0v) is 7.98. The van der Waals surface area contributed by atoms with Gasteiger partial charge in [-0.25, -0.2) is 0 Å². The second-order valence-electron chi connectivity index (χ2n) is 3.95. The van der Waals surface area contributed by atoms with E-state index in [0.717, 1.165) is 23.5 Å². The second kappa shape index (κ2) is 2.85. The van der Waals surface area contributed by atoms with Crippen LogP contribution in [0.4, 0.5) is 0 Å². The van der Waals surface area contributed by atoms with Gasteiger partial charge in [0.25, 0.3) is 0 Å². The van der Waals surface area contributed by atoms with Crippen molar-refractivity contribution in [3.63, 3.8) is 0 Å². The largest absolute Gasteiger partial charge is 0.179 e. The van der Waals surface area contributed by atoms with Crippen molar-refractivity contribution in [1.29, 1.82) is 0 Å². The molecule has 0 aromatic heterocycles. The Morgan fingerprint density at radius 2 is 2.45 bits per heavy atom. The topological polar surface area (TPSA) is 0 Å². The van der Waals surface area contributed by atoms with Crippen molar-refractivity contribution < 1.29 is 0 Å². The summed E-state index contributed by atoms with van der Waals surface area (Å²) in [7, 11) is 0. The summed E-state index contributed by atoms with van der Waals surface area (Å²) in [6, 6.07) is 0. The third kappa shape index (κ3) is 1.14. The summed E-state index contributed by atoms with van der Waals surface area (Å²) in [5.41, 5.74) is 1.70. The maximum absolute atomic E-state index is 4.28. The van der Waals surface area contributed by atoms with Gasteiger partial charge in [-0.2, -0.15) is 12.6 Å². The SMILES string of the molecule is CC1[C@H]2CC=C(CCS)[C@@H]1C2. The van der Waals surface area contributed by atoms with Gasteiger partial charge in [-0.1, -0.05) is 18.6 Å². The molecule has 0 aromatic carbocycles. The van der Waals surface area contributed by atoms with Crippen molar-refractivity contribution in [2.45, 2.75) is 26.2 Å². The summed E-state index contributed by atoms with van der Waals surface area (Å²) in [4.78, 5) is 0. The summed E-state index contributed by atoms with van der Waals surface area (Å²) >= 11 is 4.28. The molecule has 1 saturated carbocycles. The fourth-order valence-corrected chi connectivity index (χ4v) is 2.82. The molecule has 0 N–H and O–H groups in total. The lowest BCUT2D eigenvalue weighted by molar-refractivity contribution is 0.101. The Labute approximate surface area is 74.5 Å². The van der Waals surface area contributed by atoms with Gasteiger partial charge >= 0.3 is 0 Å². The first-order valence-corrected chi connectivity index (χ1v) is 5.26. The van der Waals surface area contributed by atoms with E-state index in [1.54, 1.807) is 5.57 Å². The zero-order valence-electron chi connectivity index (χ0n) is 7.09. The molecule has 1 fully saturated rings. The first kappa shape index (κ1) is 7.72. The molecular weight excluding hydrogens is 152 g/mol. The van der Waals surface area contributed by atoms with E-state index < -0.39 is 0 Å². The quantitative estimate of drug-likeness (QED) is 0.475. The van der Waals surface area contributed by atoms with Crippen LogP contribution >= 0.6 is 12.6 Å². The highest BCUT2D eigenvalue weighted by molar-refractivity contribution is 7.80. The van der Waals surface area contributed by atoms with E-state index in [9.17, 15) is 0 Å². The first-order valence-electron chi connectivity index (χ1n) is 4.62. The molecule has 0 saturated heterocycles. The van der Waals surface area contributed by atoms with Crippen LogP contribution in [0.25, 0.3) is 0 Å². The number of hydrogen-bond acceptors (Lipinski definition) is 1. The minimum absolute atomic E-state index is 0.945. The van der Waals surface area contributed by atoms with E-state index in [1.165, 1.54) is 19.3 Å². The maximum atomic E-state index is 4.28. The van der Waals surface area contributed by atoms with Gasteiger partial charge < -0.3 is 0 Å². The fourth-order valence-electron chi connectivity index (χ4n) is 2.56. The van der Waals surface area contributed by atoms with Gasteiger partial charge in [0.15, 0.2) is 0 Å². The molecule has 2 bridgehead atoms. The number of thiol groups is 1. The highest BCUT2D eigenvalue weighted by Gasteiger charge is 2.41. The average molecular weight is 168 g/mol. The van der Waals surface area contributed by atoms with E-state index in [-0.39, 0.29) is 0 Å². The zero-order chi connectivity index (χ0) is 7.84. The van der Waals surface area contributed by atoms with Crippen LogP contribution in [0.3, 0.4) is 0 Å². The van der Waals surface area contributed by atoms with Gasteiger partial charge in [0.2, 0.25) is 0 Å². The Bertz CT molecular complexity index is 183.